The highest BCUT2D eigenvalue weighted by molar-refractivity contribution is 6.39. The van der Waals surface area contributed by atoms with Crippen molar-refractivity contribution in [3.63, 3.8) is 0 Å². The molecule has 15 nitrogen and oxygen atoms in total. The molecule has 0 aromatic carbocycles. The highest BCUT2D eigenvalue weighted by atomic mass is 16.6. The molecule has 4 rings (SSSR count). The number of aliphatic hydroxyl groups is 2. The van der Waals surface area contributed by atoms with Crippen molar-refractivity contribution in [3.05, 3.63) is 47.6 Å². The van der Waals surface area contributed by atoms with Crippen LogP contribution in [-0.2, 0) is 52.5 Å². The number of Topliss-reactive ketones (excluding diaryl/α,β-unsaturated/α-hetero) is 3. The zero-order valence-corrected chi connectivity index (χ0v) is 42.6. The number of cyclic esters (lactones) is 1. The maximum Gasteiger partial charge on any atom is 0.329 e. The number of rotatable bonds is 7. The molecule has 382 valence electrons. The number of nitrogens with zero attached hydrogens (tertiary/aromatic N) is 1. The van der Waals surface area contributed by atoms with Crippen LogP contribution in [0, 0.1) is 35.5 Å². The molecule has 3 N–H and O–H groups in total. The number of carbonyl (C=O) groups excluding carboxylic acids is 6. The smallest absolute Gasteiger partial charge is 0.329 e. The van der Waals surface area contributed by atoms with E-state index in [1.807, 2.05) is 58.1 Å². The first-order chi connectivity index (χ1) is 32.2. The van der Waals surface area contributed by atoms with Gasteiger partial charge in [-0.1, -0.05) is 71.1 Å². The van der Waals surface area contributed by atoms with E-state index in [1.165, 1.54) is 18.9 Å². The minimum atomic E-state index is -2.01. The summed E-state index contributed by atoms with van der Waals surface area (Å²) in [5.74, 6) is -5.78. The zero-order chi connectivity index (χ0) is 50.5. The highest BCUT2D eigenvalue weighted by Crippen LogP contribution is 2.38. The van der Waals surface area contributed by atoms with Crippen molar-refractivity contribution in [2.24, 2.45) is 35.5 Å². The van der Waals surface area contributed by atoms with Crippen LogP contribution in [-0.4, -0.2) is 133 Å². The third kappa shape index (κ3) is 14.8. The molecule has 15 atom stereocenters. The molecule has 3 fully saturated rings. The zero-order valence-electron chi connectivity index (χ0n) is 42.6. The molecule has 15 unspecified atom stereocenters. The Balaban J connectivity index is 1.76. The number of piperidine rings is 1. The second-order valence-electron chi connectivity index (χ2n) is 20.3. The Bertz CT molecular complexity index is 1880. The molecule has 68 heavy (non-hydrogen) atoms. The fraction of sp³-hybridized carbons (Fsp3) is 0.736. The van der Waals surface area contributed by atoms with Gasteiger partial charge in [-0.25, -0.2) is 4.79 Å². The van der Waals surface area contributed by atoms with Crippen molar-refractivity contribution < 1.29 is 62.7 Å². The molecule has 2 bridgehead atoms. The summed E-state index contributed by atoms with van der Waals surface area (Å²) in [6.07, 6.45) is 11.2. The van der Waals surface area contributed by atoms with E-state index in [9.17, 15) is 39.0 Å². The number of hydrogen-bond acceptors (Lipinski definition) is 13. The van der Waals surface area contributed by atoms with Crippen molar-refractivity contribution in [1.29, 1.82) is 0 Å². The molecule has 0 radical (unpaired) electrons. The van der Waals surface area contributed by atoms with Gasteiger partial charge < -0.3 is 44.1 Å². The molecule has 1 aliphatic carbocycles. The van der Waals surface area contributed by atoms with E-state index < -0.39 is 89.7 Å². The quantitative estimate of drug-likeness (QED) is 0.189. The van der Waals surface area contributed by atoms with Crippen LogP contribution in [0.3, 0.4) is 0 Å². The Morgan fingerprint density at radius 3 is 2.28 bits per heavy atom. The van der Waals surface area contributed by atoms with Crippen molar-refractivity contribution in [2.45, 2.75) is 187 Å². The number of ether oxygens (including phenoxy) is 5. The molecule has 0 aromatic rings. The first-order valence-electron chi connectivity index (χ1n) is 24.9. The molecule has 1 saturated carbocycles. The van der Waals surface area contributed by atoms with Gasteiger partial charge in [0.1, 0.15) is 18.2 Å². The molecule has 4 aliphatic rings. The molecule has 15 heteroatoms. The summed E-state index contributed by atoms with van der Waals surface area (Å²) in [6, 6.07) is -1.15. The summed E-state index contributed by atoms with van der Waals surface area (Å²) in [5.41, 5.74) is -0.818. The molecule has 0 aromatic heterocycles. The molecule has 3 heterocycles. The molecule has 3 aliphatic heterocycles. The van der Waals surface area contributed by atoms with E-state index >= 15 is 0 Å². The fourth-order valence-electron chi connectivity index (χ4n) is 10.6. The SMILES string of the molecule is COC1CC2CCC(C)C(NC(C)=O)(O2)C(=O)C(=O)N2CCCCC2C(=O)OC(C(C)CC2CCC(O)C(OC)C2)CC(=O)C(C)=CC(C)C(O)C(OC)C(=O)C(C)CC(C)C=CC=CC=C1C. The maximum absolute atomic E-state index is 14.8. The van der Waals surface area contributed by atoms with Gasteiger partial charge in [-0.05, 0) is 107 Å². The van der Waals surface area contributed by atoms with Gasteiger partial charge in [0.05, 0.1) is 30.5 Å². The van der Waals surface area contributed by atoms with Gasteiger partial charge in [0.15, 0.2) is 11.6 Å². The summed E-state index contributed by atoms with van der Waals surface area (Å²) in [6.45, 7) is 14.1. The summed E-state index contributed by atoms with van der Waals surface area (Å²) < 4.78 is 30.0. The minimum absolute atomic E-state index is 0.0129. The van der Waals surface area contributed by atoms with Crippen LogP contribution in [0.2, 0.25) is 0 Å². The molecular weight excluding hydrogens is 873 g/mol. The number of amides is 2. The number of hydrogen-bond donors (Lipinski definition) is 3. The minimum Gasteiger partial charge on any atom is -0.460 e. The summed E-state index contributed by atoms with van der Waals surface area (Å²) in [5, 5.41) is 24.7. The maximum atomic E-state index is 14.8. The number of esters is 1. The topological polar surface area (TPSA) is 204 Å². The predicted octanol–water partition coefficient (Wildman–Crippen LogP) is 6.32. The van der Waals surface area contributed by atoms with Crippen molar-refractivity contribution in [1.82, 2.24) is 10.2 Å². The summed E-state index contributed by atoms with van der Waals surface area (Å²) >= 11 is 0. The van der Waals surface area contributed by atoms with E-state index in [4.69, 9.17) is 23.7 Å². The second kappa shape index (κ2) is 26.4. The lowest BCUT2D eigenvalue weighted by Gasteiger charge is -2.46. The standard InChI is InChI=1S/C53H82N2O13/c1-31-17-13-12-14-18-32(2)44(64-9)29-40-22-20-37(7)53(68-40,54-38(8)56)50(61)51(62)55-24-16-15-19-41(55)52(63)67-45(34(4)27-39-21-23-42(57)46(28-39)65-10)30-43(58)33(3)26-36(6)48(60)49(66-11)47(59)35(5)25-31/h12-14,17-18,26,31,34-37,39-42,44-46,48-49,57,60H,15-16,19-25,27-30H2,1-11H3,(H,54,56). The average molecular weight is 955 g/mol. The number of fused-ring (bicyclic) bond motifs is 3. The monoisotopic (exact) mass is 955 g/mol. The average Bonchev–Trinajstić information content (AvgIpc) is 3.30. The third-order valence-corrected chi connectivity index (χ3v) is 14.9. The van der Waals surface area contributed by atoms with E-state index in [0.717, 1.165) is 5.57 Å². The Kier molecular flexibility index (Phi) is 22.0. The number of ketones is 3. The van der Waals surface area contributed by atoms with Crippen LogP contribution in [0.1, 0.15) is 132 Å². The second-order valence-corrected chi connectivity index (χ2v) is 20.3. The van der Waals surface area contributed by atoms with Gasteiger partial charge >= 0.3 is 5.97 Å². The Morgan fingerprint density at radius 2 is 1.62 bits per heavy atom. The van der Waals surface area contributed by atoms with Gasteiger partial charge in [0, 0.05) is 65.4 Å². The van der Waals surface area contributed by atoms with Crippen molar-refractivity contribution in [2.75, 3.05) is 27.9 Å². The van der Waals surface area contributed by atoms with Crippen LogP contribution in [0.5, 0.6) is 0 Å². The summed E-state index contributed by atoms with van der Waals surface area (Å²) in [7, 11) is 4.53. The van der Waals surface area contributed by atoms with Gasteiger partial charge in [-0.3, -0.25) is 24.0 Å². The molecule has 2 saturated heterocycles. The van der Waals surface area contributed by atoms with Crippen molar-refractivity contribution >= 4 is 35.1 Å². The van der Waals surface area contributed by atoms with E-state index in [0.29, 0.717) is 69.8 Å². The molecule has 0 spiro atoms. The predicted molar refractivity (Wildman–Crippen MR) is 257 cm³/mol. The lowest BCUT2D eigenvalue weighted by atomic mass is 9.78. The third-order valence-electron chi connectivity index (χ3n) is 14.9. The highest BCUT2D eigenvalue weighted by Gasteiger charge is 2.55. The van der Waals surface area contributed by atoms with Crippen LogP contribution in [0.25, 0.3) is 0 Å². The Hall–Kier alpha value is -3.86. The first kappa shape index (κ1) is 56.7. The van der Waals surface area contributed by atoms with Crippen molar-refractivity contribution in [3.8, 4) is 0 Å². The van der Waals surface area contributed by atoms with Crippen LogP contribution in [0.4, 0.5) is 0 Å². The number of allylic oxidation sites excluding steroid dienone is 6. The van der Waals surface area contributed by atoms with Crippen LogP contribution in [0.15, 0.2) is 47.6 Å². The normalized spacial score (nSPS) is 36.6. The Morgan fingerprint density at radius 1 is 0.897 bits per heavy atom. The van der Waals surface area contributed by atoms with Gasteiger partial charge in [0.25, 0.3) is 11.7 Å². The molecule has 2 amide bonds. The van der Waals surface area contributed by atoms with E-state index in [-0.39, 0.29) is 54.8 Å². The lowest BCUT2D eigenvalue weighted by molar-refractivity contribution is -0.198. The number of aliphatic hydroxyl groups excluding tert-OH is 2. The fourth-order valence-corrected chi connectivity index (χ4v) is 10.6. The summed E-state index contributed by atoms with van der Waals surface area (Å²) in [4.78, 5) is 85.9. The van der Waals surface area contributed by atoms with Crippen LogP contribution < -0.4 is 5.32 Å². The van der Waals surface area contributed by atoms with E-state index in [1.54, 1.807) is 41.1 Å². The first-order valence-corrected chi connectivity index (χ1v) is 24.9. The van der Waals surface area contributed by atoms with E-state index in [2.05, 4.69) is 5.32 Å². The lowest BCUT2D eigenvalue weighted by Crippen LogP contribution is -2.67. The van der Waals surface area contributed by atoms with Crippen LogP contribution >= 0.6 is 0 Å². The number of carbonyl (C=O) groups is 6. The molecular formula is C53H82N2O13. The van der Waals surface area contributed by atoms with Gasteiger partial charge in [-0.15, -0.1) is 0 Å². The number of nitrogens with one attached hydrogen (secondary N) is 1. The van der Waals surface area contributed by atoms with Gasteiger partial charge in [0.2, 0.25) is 11.6 Å². The Labute approximate surface area is 404 Å². The largest absolute Gasteiger partial charge is 0.460 e. The number of methoxy groups -OCH3 is 3. The van der Waals surface area contributed by atoms with Gasteiger partial charge in [-0.2, -0.15) is 0 Å².